The van der Waals surface area contributed by atoms with E-state index in [0.29, 0.717) is 6.17 Å². The van der Waals surface area contributed by atoms with Gasteiger partial charge in [0.05, 0.1) is 0 Å². The zero-order valence-electron chi connectivity index (χ0n) is 13.6. The molecule has 112 valence electrons. The van der Waals surface area contributed by atoms with Crippen LogP contribution in [0.1, 0.15) is 6.42 Å². The van der Waals surface area contributed by atoms with Gasteiger partial charge in [-0.15, -0.1) is 0 Å². The van der Waals surface area contributed by atoms with Crippen LogP contribution in [0.4, 0.5) is 0 Å². The number of hydrogen-bond donors (Lipinski definition) is 2. The van der Waals surface area contributed by atoms with Crippen molar-refractivity contribution in [3.63, 3.8) is 0 Å². The minimum Gasteiger partial charge on any atom is -0.342 e. The third-order valence-electron chi connectivity index (χ3n) is 2.52. The molecule has 0 radical (unpaired) electrons. The van der Waals surface area contributed by atoms with Crippen LogP contribution in [-0.4, -0.2) is 47.0 Å². The molecule has 0 atom stereocenters. The van der Waals surface area contributed by atoms with E-state index < -0.39 is 16.5 Å². The van der Waals surface area contributed by atoms with Gasteiger partial charge in [0.2, 0.25) is 5.91 Å². The fourth-order valence-electron chi connectivity index (χ4n) is 1.81. The van der Waals surface area contributed by atoms with E-state index in [2.05, 4.69) is 55.8 Å². The van der Waals surface area contributed by atoms with Gasteiger partial charge in [-0.25, -0.2) is 0 Å². The van der Waals surface area contributed by atoms with Crippen LogP contribution in [0.25, 0.3) is 0 Å². The van der Waals surface area contributed by atoms with Gasteiger partial charge in [0.15, 0.2) is 0 Å². The standard InChI is InChI=1S/C13H31N3OSi2/c1-9-13(17)16(2)11-10-12(14-18(3,4)5)15-19(6,7)8/h9,12,14-15H,1,10-11H2,2-8H3. The Morgan fingerprint density at radius 2 is 1.58 bits per heavy atom. The van der Waals surface area contributed by atoms with Crippen molar-refractivity contribution in [3.05, 3.63) is 12.7 Å². The number of rotatable bonds is 8. The first-order valence-electron chi connectivity index (χ1n) is 6.87. The lowest BCUT2D eigenvalue weighted by Gasteiger charge is -2.34. The first-order valence-corrected chi connectivity index (χ1v) is 13.9. The minimum atomic E-state index is -1.34. The molecule has 0 aromatic heterocycles. The van der Waals surface area contributed by atoms with Crippen LogP contribution in [0.3, 0.4) is 0 Å². The summed E-state index contributed by atoms with van der Waals surface area (Å²) in [6, 6.07) is 0. The molecule has 6 heteroatoms. The smallest absolute Gasteiger partial charge is 0.245 e. The summed E-state index contributed by atoms with van der Waals surface area (Å²) in [5.74, 6) is -0.0141. The fraction of sp³-hybridized carbons (Fsp3) is 0.769. The van der Waals surface area contributed by atoms with Gasteiger partial charge in [0, 0.05) is 19.8 Å². The molecule has 2 N–H and O–H groups in total. The number of nitrogens with one attached hydrogen (secondary N) is 2. The second-order valence-corrected chi connectivity index (χ2v) is 16.7. The molecule has 0 bridgehead atoms. The van der Waals surface area contributed by atoms with Gasteiger partial charge in [-0.1, -0.05) is 45.9 Å². The first kappa shape index (κ1) is 18.6. The monoisotopic (exact) mass is 301 g/mol. The molecule has 0 fully saturated rings. The second kappa shape index (κ2) is 7.37. The number of amides is 1. The van der Waals surface area contributed by atoms with Crippen molar-refractivity contribution < 1.29 is 4.79 Å². The summed E-state index contributed by atoms with van der Waals surface area (Å²) < 4.78 is 0. The Bertz CT molecular complexity index is 292. The first-order chi connectivity index (χ1) is 8.44. The lowest BCUT2D eigenvalue weighted by Crippen LogP contribution is -2.60. The quantitative estimate of drug-likeness (QED) is 0.410. The van der Waals surface area contributed by atoms with Crippen LogP contribution in [-0.2, 0) is 4.79 Å². The summed E-state index contributed by atoms with van der Waals surface area (Å²) in [5, 5.41) is 0. The number of hydrogen-bond acceptors (Lipinski definition) is 3. The van der Waals surface area contributed by atoms with Gasteiger partial charge >= 0.3 is 0 Å². The highest BCUT2D eigenvalue weighted by Gasteiger charge is 2.24. The maximum absolute atomic E-state index is 11.5. The Labute approximate surface area is 120 Å². The number of likely N-dealkylation sites (N-methyl/N-ethyl adjacent to an activating group) is 1. The molecule has 0 saturated heterocycles. The molecule has 0 aromatic carbocycles. The summed E-state index contributed by atoms with van der Waals surface area (Å²) in [6.07, 6.45) is 2.58. The van der Waals surface area contributed by atoms with Crippen molar-refractivity contribution in [2.45, 2.75) is 51.9 Å². The zero-order valence-corrected chi connectivity index (χ0v) is 15.6. The topological polar surface area (TPSA) is 44.4 Å². The molecule has 0 aromatic rings. The van der Waals surface area contributed by atoms with Crippen LogP contribution in [0.15, 0.2) is 12.7 Å². The average molecular weight is 302 g/mol. The Balaban J connectivity index is 4.50. The third kappa shape index (κ3) is 10.1. The normalized spacial score (nSPS) is 12.6. The molecule has 0 heterocycles. The molecule has 0 rings (SSSR count). The number of carbonyl (C=O) groups is 1. The van der Waals surface area contributed by atoms with E-state index in [4.69, 9.17) is 0 Å². The van der Waals surface area contributed by atoms with E-state index in [1.165, 1.54) is 6.08 Å². The molecule has 1 amide bonds. The van der Waals surface area contributed by atoms with E-state index in [1.807, 2.05) is 7.05 Å². The zero-order chi connectivity index (χ0) is 15.3. The Kier molecular flexibility index (Phi) is 7.20. The summed E-state index contributed by atoms with van der Waals surface area (Å²) >= 11 is 0. The van der Waals surface area contributed by atoms with Gasteiger partial charge < -0.3 is 14.9 Å². The Morgan fingerprint density at radius 3 is 1.89 bits per heavy atom. The summed E-state index contributed by atoms with van der Waals surface area (Å²) in [4.78, 5) is 20.6. The van der Waals surface area contributed by atoms with E-state index in [9.17, 15) is 4.79 Å². The van der Waals surface area contributed by atoms with Gasteiger partial charge in [-0.05, 0) is 12.5 Å². The largest absolute Gasteiger partial charge is 0.342 e. The van der Waals surface area contributed by atoms with Crippen LogP contribution in [0.5, 0.6) is 0 Å². The van der Waals surface area contributed by atoms with Crippen LogP contribution in [0.2, 0.25) is 39.3 Å². The van der Waals surface area contributed by atoms with E-state index in [0.717, 1.165) is 13.0 Å². The van der Waals surface area contributed by atoms with Crippen LogP contribution < -0.4 is 9.96 Å². The highest BCUT2D eigenvalue weighted by Crippen LogP contribution is 2.05. The van der Waals surface area contributed by atoms with Gasteiger partial charge in [-0.2, -0.15) is 0 Å². The molecule has 0 aliphatic heterocycles. The number of carbonyl (C=O) groups excluding carboxylic acids is 1. The summed E-state index contributed by atoms with van der Waals surface area (Å²) in [5.41, 5.74) is 0. The molecule has 19 heavy (non-hydrogen) atoms. The third-order valence-corrected chi connectivity index (χ3v) is 4.95. The molecular formula is C13H31N3OSi2. The van der Waals surface area contributed by atoms with Crippen LogP contribution in [0, 0.1) is 0 Å². The van der Waals surface area contributed by atoms with Gasteiger partial charge in [0.25, 0.3) is 0 Å². The predicted molar refractivity (Wildman–Crippen MR) is 89.2 cm³/mol. The van der Waals surface area contributed by atoms with Crippen molar-refractivity contribution >= 4 is 22.4 Å². The Hall–Kier alpha value is -0.436. The number of nitrogens with zero attached hydrogens (tertiary/aromatic N) is 1. The highest BCUT2D eigenvalue weighted by atomic mass is 28.3. The molecule has 0 spiro atoms. The second-order valence-electron chi connectivity index (χ2n) is 7.09. The van der Waals surface area contributed by atoms with Crippen molar-refractivity contribution in [3.8, 4) is 0 Å². The SMILES string of the molecule is C=CC(=O)N(C)CCC(N[Si](C)(C)C)N[Si](C)(C)C. The Morgan fingerprint density at radius 1 is 1.16 bits per heavy atom. The summed E-state index contributed by atoms with van der Waals surface area (Å²) in [7, 11) is -0.859. The maximum Gasteiger partial charge on any atom is 0.245 e. The fourth-order valence-corrected chi connectivity index (χ4v) is 4.48. The average Bonchev–Trinajstić information content (AvgIpc) is 2.19. The van der Waals surface area contributed by atoms with E-state index in [1.54, 1.807) is 4.90 Å². The van der Waals surface area contributed by atoms with Crippen molar-refractivity contribution in [1.82, 2.24) is 14.9 Å². The molecule has 0 saturated carbocycles. The lowest BCUT2D eigenvalue weighted by atomic mass is 10.3. The maximum atomic E-state index is 11.5. The minimum absolute atomic E-state index is 0.0141. The van der Waals surface area contributed by atoms with Crippen molar-refractivity contribution in [1.29, 1.82) is 0 Å². The molecule has 0 aliphatic rings. The molecule has 0 unspecified atom stereocenters. The van der Waals surface area contributed by atoms with Crippen molar-refractivity contribution in [2.75, 3.05) is 13.6 Å². The molecular weight excluding hydrogens is 270 g/mol. The van der Waals surface area contributed by atoms with E-state index in [-0.39, 0.29) is 5.91 Å². The van der Waals surface area contributed by atoms with Crippen LogP contribution >= 0.6 is 0 Å². The van der Waals surface area contributed by atoms with E-state index >= 15 is 0 Å². The highest BCUT2D eigenvalue weighted by molar-refractivity contribution is 6.75. The molecule has 4 nitrogen and oxygen atoms in total. The van der Waals surface area contributed by atoms with Gasteiger partial charge in [-0.3, -0.25) is 4.79 Å². The summed E-state index contributed by atoms with van der Waals surface area (Å²) in [6.45, 7) is 18.0. The lowest BCUT2D eigenvalue weighted by molar-refractivity contribution is -0.124. The molecule has 0 aliphatic carbocycles. The van der Waals surface area contributed by atoms with Gasteiger partial charge in [0.1, 0.15) is 16.5 Å². The van der Waals surface area contributed by atoms with Crippen molar-refractivity contribution in [2.24, 2.45) is 0 Å². The predicted octanol–water partition coefficient (Wildman–Crippen LogP) is 2.20.